The predicted molar refractivity (Wildman–Crippen MR) is 70.7 cm³/mol. The first-order valence-electron chi connectivity index (χ1n) is 6.65. The zero-order valence-electron chi connectivity index (χ0n) is 11.0. The van der Waals surface area contributed by atoms with Crippen LogP contribution >= 0.6 is 0 Å². The fraction of sp³-hybridized carbons (Fsp3) is 0.467. The number of hydrogen-bond acceptors (Lipinski definition) is 3. The van der Waals surface area contributed by atoms with Crippen LogP contribution in [0.4, 0.5) is 0 Å². The molecule has 1 aromatic rings. The number of carbonyl (C=O) groups excluding carboxylic acids is 1. The van der Waals surface area contributed by atoms with Gasteiger partial charge in [-0.25, -0.2) is 0 Å². The Morgan fingerprint density at radius 1 is 1.42 bits per heavy atom. The molecule has 0 heterocycles. The smallest absolute Gasteiger partial charge is 0.307 e. The highest BCUT2D eigenvalue weighted by molar-refractivity contribution is 5.99. The molecule has 1 unspecified atom stereocenters. The van der Waals surface area contributed by atoms with E-state index in [1.807, 2.05) is 19.1 Å². The number of carboxylic acids is 1. The molecule has 1 N–H and O–H groups in total. The molecule has 0 bridgehead atoms. The molecule has 0 aromatic heterocycles. The Morgan fingerprint density at radius 3 is 2.89 bits per heavy atom. The van der Waals surface area contributed by atoms with Crippen molar-refractivity contribution in [3.63, 3.8) is 0 Å². The average molecular weight is 262 g/mol. The lowest BCUT2D eigenvalue weighted by atomic mass is 9.90. The number of aliphatic carboxylic acids is 1. The molecular weight excluding hydrogens is 244 g/mol. The van der Waals surface area contributed by atoms with E-state index in [9.17, 15) is 9.59 Å². The molecule has 1 aliphatic carbocycles. The number of carbonyl (C=O) groups is 2. The summed E-state index contributed by atoms with van der Waals surface area (Å²) in [5.41, 5.74) is 1.66. The van der Waals surface area contributed by atoms with E-state index in [0.29, 0.717) is 18.6 Å². The summed E-state index contributed by atoms with van der Waals surface area (Å²) >= 11 is 0. The van der Waals surface area contributed by atoms with Gasteiger partial charge in [-0.2, -0.15) is 0 Å². The standard InChI is InChI=1S/C15H18O4/c1-2-10(9-15(17)18)19-14-8-4-5-11-12(14)6-3-7-13(11)16/h4-5,8,10H,2-3,6-7,9H2,1H3,(H,17,18). The van der Waals surface area contributed by atoms with E-state index in [2.05, 4.69) is 0 Å². The van der Waals surface area contributed by atoms with Crippen molar-refractivity contribution in [2.24, 2.45) is 0 Å². The molecule has 0 radical (unpaired) electrons. The summed E-state index contributed by atoms with van der Waals surface area (Å²) in [4.78, 5) is 22.6. The molecule has 0 fully saturated rings. The zero-order chi connectivity index (χ0) is 13.8. The van der Waals surface area contributed by atoms with Crippen molar-refractivity contribution in [3.8, 4) is 5.75 Å². The van der Waals surface area contributed by atoms with Crippen LogP contribution in [0.3, 0.4) is 0 Å². The van der Waals surface area contributed by atoms with Gasteiger partial charge in [-0.15, -0.1) is 0 Å². The molecule has 0 aliphatic heterocycles. The van der Waals surface area contributed by atoms with Gasteiger partial charge in [0.2, 0.25) is 0 Å². The normalized spacial score (nSPS) is 15.7. The Balaban J connectivity index is 2.23. The summed E-state index contributed by atoms with van der Waals surface area (Å²) in [5.74, 6) is -0.0515. The number of ether oxygens (including phenoxy) is 1. The minimum absolute atomic E-state index is 0.0197. The minimum Gasteiger partial charge on any atom is -0.490 e. The van der Waals surface area contributed by atoms with Crippen LogP contribution in [0.2, 0.25) is 0 Å². The highest BCUT2D eigenvalue weighted by Crippen LogP contribution is 2.30. The van der Waals surface area contributed by atoms with E-state index in [1.54, 1.807) is 6.07 Å². The Kier molecular flexibility index (Phi) is 4.20. The predicted octanol–water partition coefficient (Wildman–Crippen LogP) is 2.84. The monoisotopic (exact) mass is 262 g/mol. The van der Waals surface area contributed by atoms with Gasteiger partial charge in [-0.1, -0.05) is 19.1 Å². The second kappa shape index (κ2) is 5.87. The Hall–Kier alpha value is -1.84. The van der Waals surface area contributed by atoms with Gasteiger partial charge < -0.3 is 9.84 Å². The van der Waals surface area contributed by atoms with Gasteiger partial charge in [0.1, 0.15) is 11.9 Å². The lowest BCUT2D eigenvalue weighted by molar-refractivity contribution is -0.138. The van der Waals surface area contributed by atoms with Gasteiger partial charge >= 0.3 is 5.97 Å². The Bertz CT molecular complexity index is 493. The topological polar surface area (TPSA) is 63.6 Å². The summed E-state index contributed by atoms with van der Waals surface area (Å²) in [6.07, 6.45) is 2.50. The number of Topliss-reactive ketones (excluding diaryl/α,β-unsaturated/α-hetero) is 1. The Morgan fingerprint density at radius 2 is 2.21 bits per heavy atom. The second-order valence-electron chi connectivity index (χ2n) is 4.80. The van der Waals surface area contributed by atoms with Crippen LogP contribution < -0.4 is 4.74 Å². The van der Waals surface area contributed by atoms with Crippen LogP contribution in [0.5, 0.6) is 5.75 Å². The molecule has 0 amide bonds. The highest BCUT2D eigenvalue weighted by atomic mass is 16.5. The molecule has 2 rings (SSSR count). The van der Waals surface area contributed by atoms with E-state index in [1.165, 1.54) is 0 Å². The third-order valence-corrected chi connectivity index (χ3v) is 3.42. The average Bonchev–Trinajstić information content (AvgIpc) is 2.38. The molecule has 1 aliphatic rings. The molecule has 0 saturated carbocycles. The van der Waals surface area contributed by atoms with Gasteiger partial charge in [0, 0.05) is 17.5 Å². The molecule has 0 saturated heterocycles. The summed E-state index contributed by atoms with van der Waals surface area (Å²) < 4.78 is 5.79. The maximum absolute atomic E-state index is 11.8. The van der Waals surface area contributed by atoms with Crippen molar-refractivity contribution in [3.05, 3.63) is 29.3 Å². The Labute approximate surface area is 112 Å². The number of benzene rings is 1. The van der Waals surface area contributed by atoms with Crippen LogP contribution in [0.25, 0.3) is 0 Å². The summed E-state index contributed by atoms with van der Waals surface area (Å²) in [6, 6.07) is 5.44. The van der Waals surface area contributed by atoms with Gasteiger partial charge in [0.15, 0.2) is 5.78 Å². The third-order valence-electron chi connectivity index (χ3n) is 3.42. The van der Waals surface area contributed by atoms with Crippen molar-refractivity contribution in [2.45, 2.75) is 45.1 Å². The van der Waals surface area contributed by atoms with E-state index in [-0.39, 0.29) is 18.3 Å². The van der Waals surface area contributed by atoms with Crippen molar-refractivity contribution >= 4 is 11.8 Å². The minimum atomic E-state index is -0.868. The first-order valence-corrected chi connectivity index (χ1v) is 6.65. The summed E-state index contributed by atoms with van der Waals surface area (Å²) in [6.45, 7) is 1.90. The molecule has 19 heavy (non-hydrogen) atoms. The van der Waals surface area contributed by atoms with E-state index in [4.69, 9.17) is 9.84 Å². The molecule has 102 valence electrons. The van der Waals surface area contributed by atoms with E-state index < -0.39 is 5.97 Å². The molecular formula is C15H18O4. The molecule has 4 nitrogen and oxygen atoms in total. The van der Waals surface area contributed by atoms with Crippen molar-refractivity contribution in [1.82, 2.24) is 0 Å². The SMILES string of the molecule is CCC(CC(=O)O)Oc1cccc2c1CCCC2=O. The molecule has 0 spiro atoms. The fourth-order valence-electron chi connectivity index (χ4n) is 2.40. The van der Waals surface area contributed by atoms with Gasteiger partial charge in [0.05, 0.1) is 6.42 Å². The third kappa shape index (κ3) is 3.13. The number of ketones is 1. The molecule has 4 heteroatoms. The van der Waals surface area contributed by atoms with Crippen LogP contribution in [0, 0.1) is 0 Å². The van der Waals surface area contributed by atoms with Crippen LogP contribution in [-0.2, 0) is 11.2 Å². The number of hydrogen-bond donors (Lipinski definition) is 1. The number of rotatable bonds is 5. The maximum atomic E-state index is 11.8. The summed E-state index contributed by atoms with van der Waals surface area (Å²) in [5, 5.41) is 8.84. The van der Waals surface area contributed by atoms with Gasteiger partial charge in [-0.3, -0.25) is 9.59 Å². The van der Waals surface area contributed by atoms with Crippen molar-refractivity contribution in [2.75, 3.05) is 0 Å². The van der Waals surface area contributed by atoms with Gasteiger partial charge in [0.25, 0.3) is 0 Å². The highest BCUT2D eigenvalue weighted by Gasteiger charge is 2.22. The number of fused-ring (bicyclic) bond motifs is 1. The van der Waals surface area contributed by atoms with Crippen molar-refractivity contribution < 1.29 is 19.4 Å². The lowest BCUT2D eigenvalue weighted by Gasteiger charge is -2.22. The number of carboxylic acid groups (broad SMARTS) is 1. The van der Waals surface area contributed by atoms with E-state index >= 15 is 0 Å². The second-order valence-corrected chi connectivity index (χ2v) is 4.80. The van der Waals surface area contributed by atoms with Crippen LogP contribution in [-0.4, -0.2) is 23.0 Å². The first-order chi connectivity index (χ1) is 9.11. The molecule has 1 atom stereocenters. The zero-order valence-corrected chi connectivity index (χ0v) is 11.0. The largest absolute Gasteiger partial charge is 0.490 e. The van der Waals surface area contributed by atoms with Crippen LogP contribution in [0.15, 0.2) is 18.2 Å². The van der Waals surface area contributed by atoms with Crippen LogP contribution in [0.1, 0.15) is 48.5 Å². The lowest BCUT2D eigenvalue weighted by Crippen LogP contribution is -2.21. The maximum Gasteiger partial charge on any atom is 0.307 e. The summed E-state index contributed by atoms with van der Waals surface area (Å²) in [7, 11) is 0. The fourth-order valence-corrected chi connectivity index (χ4v) is 2.40. The molecule has 1 aromatic carbocycles. The first kappa shape index (κ1) is 13.6. The van der Waals surface area contributed by atoms with Crippen molar-refractivity contribution in [1.29, 1.82) is 0 Å². The van der Waals surface area contributed by atoms with E-state index in [0.717, 1.165) is 24.0 Å². The quantitative estimate of drug-likeness (QED) is 0.886. The van der Waals surface area contributed by atoms with Gasteiger partial charge in [-0.05, 0) is 25.3 Å².